The molecule has 156 valence electrons. The van der Waals surface area contributed by atoms with Crippen molar-refractivity contribution in [3.05, 3.63) is 66.6 Å². The highest BCUT2D eigenvalue weighted by atomic mass is 16.3. The van der Waals surface area contributed by atoms with E-state index in [1.165, 1.54) is 0 Å². The van der Waals surface area contributed by atoms with Crippen LogP contribution in [-0.4, -0.2) is 63.5 Å². The number of phenols is 1. The van der Waals surface area contributed by atoms with E-state index in [0.717, 1.165) is 55.8 Å². The van der Waals surface area contributed by atoms with Crippen LogP contribution in [0, 0.1) is 0 Å². The molecule has 8 nitrogen and oxygen atoms in total. The minimum Gasteiger partial charge on any atom is -0.506 e. The van der Waals surface area contributed by atoms with Crippen molar-refractivity contribution < 1.29 is 5.11 Å². The maximum absolute atomic E-state index is 10.1. The molecule has 1 saturated heterocycles. The van der Waals surface area contributed by atoms with Crippen molar-refractivity contribution in [1.29, 1.82) is 0 Å². The van der Waals surface area contributed by atoms with E-state index in [1.807, 2.05) is 42.6 Å². The largest absolute Gasteiger partial charge is 0.506 e. The third-order valence-corrected chi connectivity index (χ3v) is 5.10. The molecule has 1 aromatic carbocycles. The lowest BCUT2D eigenvalue weighted by Crippen LogP contribution is -2.52. The standard InChI is InChI=1S/C22H27N7O/c1-2-23-22(25-17-18-8-10-24-21(16-18)29-11-5-9-26-29)28-14-12-27(13-15-28)19-6-3-4-7-20(19)30/h3-11,16,30H,2,12-15,17H2,1H3,(H,23,25). The molecule has 1 aliphatic rings. The average molecular weight is 406 g/mol. The number of aromatic hydroxyl groups is 1. The van der Waals surface area contributed by atoms with E-state index in [4.69, 9.17) is 4.99 Å². The molecule has 30 heavy (non-hydrogen) atoms. The molecular weight excluding hydrogens is 378 g/mol. The van der Waals surface area contributed by atoms with Crippen LogP contribution in [-0.2, 0) is 6.54 Å². The number of anilines is 1. The molecular formula is C22H27N7O. The second kappa shape index (κ2) is 9.30. The molecule has 0 amide bonds. The average Bonchev–Trinajstić information content (AvgIpc) is 3.33. The highest BCUT2D eigenvalue weighted by Crippen LogP contribution is 2.27. The smallest absolute Gasteiger partial charge is 0.194 e. The number of para-hydroxylation sites is 2. The summed E-state index contributed by atoms with van der Waals surface area (Å²) >= 11 is 0. The monoisotopic (exact) mass is 405 g/mol. The molecule has 0 aliphatic carbocycles. The second-order valence-corrected chi connectivity index (χ2v) is 7.11. The van der Waals surface area contributed by atoms with Gasteiger partial charge in [-0.1, -0.05) is 12.1 Å². The Bertz CT molecular complexity index is 979. The van der Waals surface area contributed by atoms with Gasteiger partial charge in [0, 0.05) is 51.3 Å². The SMILES string of the molecule is CCNC(=NCc1ccnc(-n2cccn2)c1)N1CCN(c2ccccc2O)CC1. The molecule has 4 rings (SSSR count). The summed E-state index contributed by atoms with van der Waals surface area (Å²) in [6, 6.07) is 13.4. The second-order valence-electron chi connectivity index (χ2n) is 7.11. The third-order valence-electron chi connectivity index (χ3n) is 5.10. The van der Waals surface area contributed by atoms with Gasteiger partial charge in [-0.05, 0) is 42.8 Å². The molecule has 2 N–H and O–H groups in total. The molecule has 0 radical (unpaired) electrons. The molecule has 1 aliphatic heterocycles. The fraction of sp³-hybridized carbons (Fsp3) is 0.318. The Morgan fingerprint density at radius 1 is 1.10 bits per heavy atom. The Kier molecular flexibility index (Phi) is 6.12. The van der Waals surface area contributed by atoms with Gasteiger partial charge in [0.05, 0.1) is 12.2 Å². The Morgan fingerprint density at radius 2 is 1.93 bits per heavy atom. The number of aliphatic imine (C=N–C) groups is 1. The quantitative estimate of drug-likeness (QED) is 0.501. The van der Waals surface area contributed by atoms with Gasteiger partial charge in [-0.2, -0.15) is 5.10 Å². The number of hydrogen-bond acceptors (Lipinski definition) is 5. The molecule has 3 aromatic rings. The van der Waals surface area contributed by atoms with Crippen LogP contribution in [0.4, 0.5) is 5.69 Å². The number of benzene rings is 1. The molecule has 2 aromatic heterocycles. The highest BCUT2D eigenvalue weighted by molar-refractivity contribution is 5.80. The van der Waals surface area contributed by atoms with E-state index < -0.39 is 0 Å². The lowest BCUT2D eigenvalue weighted by atomic mass is 10.2. The van der Waals surface area contributed by atoms with Crippen LogP contribution in [0.15, 0.2) is 66.0 Å². The van der Waals surface area contributed by atoms with Crippen molar-refractivity contribution in [1.82, 2.24) is 25.0 Å². The van der Waals surface area contributed by atoms with Gasteiger partial charge in [-0.15, -0.1) is 0 Å². The summed E-state index contributed by atoms with van der Waals surface area (Å²) in [5.41, 5.74) is 1.97. The van der Waals surface area contributed by atoms with Crippen molar-refractivity contribution in [3.63, 3.8) is 0 Å². The zero-order valence-electron chi connectivity index (χ0n) is 17.1. The molecule has 3 heterocycles. The van der Waals surface area contributed by atoms with Gasteiger partial charge in [0.1, 0.15) is 5.75 Å². The van der Waals surface area contributed by atoms with Crippen molar-refractivity contribution in [2.45, 2.75) is 13.5 Å². The van der Waals surface area contributed by atoms with Gasteiger partial charge >= 0.3 is 0 Å². The molecule has 1 fully saturated rings. The van der Waals surface area contributed by atoms with E-state index in [9.17, 15) is 5.11 Å². The fourth-order valence-electron chi connectivity index (χ4n) is 3.57. The topological polar surface area (TPSA) is 81.8 Å². The fourth-order valence-corrected chi connectivity index (χ4v) is 3.57. The first-order chi connectivity index (χ1) is 14.7. The Labute approximate surface area is 176 Å². The molecule has 8 heteroatoms. The number of rotatable bonds is 5. The van der Waals surface area contributed by atoms with Crippen LogP contribution in [0.2, 0.25) is 0 Å². The maximum atomic E-state index is 10.1. The summed E-state index contributed by atoms with van der Waals surface area (Å²) in [7, 11) is 0. The molecule has 0 bridgehead atoms. The zero-order valence-corrected chi connectivity index (χ0v) is 17.1. The first-order valence-electron chi connectivity index (χ1n) is 10.3. The highest BCUT2D eigenvalue weighted by Gasteiger charge is 2.21. The summed E-state index contributed by atoms with van der Waals surface area (Å²) in [5, 5.41) is 17.8. The predicted octanol–water partition coefficient (Wildman–Crippen LogP) is 2.26. The lowest BCUT2D eigenvalue weighted by Gasteiger charge is -2.37. The summed E-state index contributed by atoms with van der Waals surface area (Å²) in [6.45, 7) is 6.81. The molecule has 0 atom stereocenters. The minimum atomic E-state index is 0.331. The van der Waals surface area contributed by atoms with Crippen LogP contribution >= 0.6 is 0 Å². The number of hydrogen-bond donors (Lipinski definition) is 2. The Morgan fingerprint density at radius 3 is 2.67 bits per heavy atom. The van der Waals surface area contributed by atoms with Gasteiger partial charge in [-0.25, -0.2) is 14.7 Å². The number of nitrogens with zero attached hydrogens (tertiary/aromatic N) is 6. The maximum Gasteiger partial charge on any atom is 0.194 e. The van der Waals surface area contributed by atoms with Gasteiger partial charge < -0.3 is 20.2 Å². The summed E-state index contributed by atoms with van der Waals surface area (Å²) in [4.78, 5) is 13.7. The van der Waals surface area contributed by atoms with E-state index in [0.29, 0.717) is 12.3 Å². The van der Waals surface area contributed by atoms with Gasteiger partial charge in [0.2, 0.25) is 0 Å². The number of phenolic OH excluding ortho intramolecular Hbond substituents is 1. The zero-order chi connectivity index (χ0) is 20.8. The molecule has 0 spiro atoms. The van der Waals surface area contributed by atoms with E-state index in [-0.39, 0.29) is 0 Å². The van der Waals surface area contributed by atoms with Crippen LogP contribution in [0.1, 0.15) is 12.5 Å². The lowest BCUT2D eigenvalue weighted by molar-refractivity contribution is 0.369. The van der Waals surface area contributed by atoms with Crippen LogP contribution < -0.4 is 10.2 Å². The van der Waals surface area contributed by atoms with Crippen molar-refractivity contribution in [3.8, 4) is 11.6 Å². The normalized spacial score (nSPS) is 14.8. The molecule has 0 unspecified atom stereocenters. The number of pyridine rings is 1. The van der Waals surface area contributed by atoms with E-state index in [2.05, 4.69) is 32.1 Å². The number of nitrogens with one attached hydrogen (secondary N) is 1. The number of piperazine rings is 1. The van der Waals surface area contributed by atoms with Crippen LogP contribution in [0.5, 0.6) is 5.75 Å². The summed E-state index contributed by atoms with van der Waals surface area (Å²) in [5.74, 6) is 2.03. The molecule has 0 saturated carbocycles. The number of guanidine groups is 1. The Balaban J connectivity index is 1.42. The van der Waals surface area contributed by atoms with Gasteiger partial charge in [0.15, 0.2) is 11.8 Å². The van der Waals surface area contributed by atoms with Gasteiger partial charge in [0.25, 0.3) is 0 Å². The first kappa shape index (κ1) is 19.8. The van der Waals surface area contributed by atoms with E-state index in [1.54, 1.807) is 23.1 Å². The van der Waals surface area contributed by atoms with E-state index >= 15 is 0 Å². The van der Waals surface area contributed by atoms with Gasteiger partial charge in [-0.3, -0.25) is 0 Å². The summed E-state index contributed by atoms with van der Waals surface area (Å²) in [6.07, 6.45) is 5.41. The third kappa shape index (κ3) is 4.53. The van der Waals surface area contributed by atoms with Crippen molar-refractivity contribution in [2.75, 3.05) is 37.6 Å². The van der Waals surface area contributed by atoms with Crippen molar-refractivity contribution >= 4 is 11.6 Å². The predicted molar refractivity (Wildman–Crippen MR) is 118 cm³/mol. The van der Waals surface area contributed by atoms with Crippen LogP contribution in [0.25, 0.3) is 5.82 Å². The number of aromatic nitrogens is 3. The summed E-state index contributed by atoms with van der Waals surface area (Å²) < 4.78 is 1.75. The minimum absolute atomic E-state index is 0.331. The Hall–Kier alpha value is -3.55. The van der Waals surface area contributed by atoms with Crippen molar-refractivity contribution in [2.24, 2.45) is 4.99 Å². The van der Waals surface area contributed by atoms with Crippen LogP contribution in [0.3, 0.4) is 0 Å². The first-order valence-corrected chi connectivity index (χ1v) is 10.3.